The predicted octanol–water partition coefficient (Wildman–Crippen LogP) is 4.23. The molecule has 0 fully saturated rings. The zero-order valence-electron chi connectivity index (χ0n) is 9.61. The Hall–Kier alpha value is -1.68. The van der Waals surface area contributed by atoms with E-state index < -0.39 is 0 Å². The molecule has 0 unspecified atom stereocenters. The first-order valence-electron chi connectivity index (χ1n) is 5.52. The van der Waals surface area contributed by atoms with Gasteiger partial charge in [0.2, 0.25) is 0 Å². The van der Waals surface area contributed by atoms with Gasteiger partial charge in [-0.3, -0.25) is 5.43 Å². The Morgan fingerprint density at radius 3 is 2.56 bits per heavy atom. The lowest BCUT2D eigenvalue weighted by Gasteiger charge is -2.00. The number of nitrogens with zero attached hydrogens (tertiary/aromatic N) is 1. The van der Waals surface area contributed by atoms with Gasteiger partial charge in [0.05, 0.1) is 5.69 Å². The molecule has 0 saturated heterocycles. The molecule has 0 saturated carbocycles. The number of hydrazone groups is 1. The molecule has 0 bridgehead atoms. The Morgan fingerprint density at radius 2 is 1.83 bits per heavy atom. The van der Waals surface area contributed by atoms with Crippen LogP contribution < -0.4 is 5.43 Å². The third kappa shape index (κ3) is 3.67. The summed E-state index contributed by atoms with van der Waals surface area (Å²) in [5, 5.41) is 4.05. The van der Waals surface area contributed by atoms with Crippen molar-refractivity contribution in [1.82, 2.24) is 0 Å². The number of hydrogen-bond donors (Lipinski definition) is 1. The van der Waals surface area contributed by atoms with Crippen molar-refractivity contribution >= 4 is 27.8 Å². The Labute approximate surface area is 114 Å². The summed E-state index contributed by atoms with van der Waals surface area (Å²) in [7, 11) is 0. The van der Waals surface area contributed by atoms with E-state index in [2.05, 4.69) is 26.5 Å². The second-order valence-electron chi connectivity index (χ2n) is 3.73. The number of halogens is 2. The first-order chi connectivity index (χ1) is 8.75. The van der Waals surface area contributed by atoms with Gasteiger partial charge >= 0.3 is 0 Å². The van der Waals surface area contributed by atoms with Gasteiger partial charge in [0.25, 0.3) is 0 Å². The predicted molar refractivity (Wildman–Crippen MR) is 76.4 cm³/mol. The first kappa shape index (κ1) is 12.8. The van der Waals surface area contributed by atoms with Crippen LogP contribution in [0.5, 0.6) is 0 Å². The molecule has 2 nitrogen and oxygen atoms in total. The summed E-state index contributed by atoms with van der Waals surface area (Å²) in [5.74, 6) is -0.201. The van der Waals surface area contributed by atoms with Crippen LogP contribution in [0.15, 0.2) is 58.1 Å². The van der Waals surface area contributed by atoms with Gasteiger partial charge in [0, 0.05) is 17.1 Å². The Balaban J connectivity index is 1.89. The van der Waals surface area contributed by atoms with E-state index >= 15 is 0 Å². The Morgan fingerprint density at radius 1 is 1.11 bits per heavy atom. The molecular formula is C14H12BrFN2. The lowest BCUT2D eigenvalue weighted by molar-refractivity contribution is 0.616. The summed E-state index contributed by atoms with van der Waals surface area (Å²) in [6.07, 6.45) is 2.12. The lowest BCUT2D eigenvalue weighted by atomic mass is 10.1. The summed E-state index contributed by atoms with van der Waals surface area (Å²) in [6, 6.07) is 14.4. The molecule has 0 aliphatic rings. The third-order valence-electron chi connectivity index (χ3n) is 2.40. The fourth-order valence-electron chi connectivity index (χ4n) is 1.45. The molecule has 2 aromatic carbocycles. The van der Waals surface area contributed by atoms with Crippen molar-refractivity contribution in [3.05, 3.63) is 64.4 Å². The minimum Gasteiger partial charge on any atom is -0.279 e. The molecule has 18 heavy (non-hydrogen) atoms. The smallest absolute Gasteiger partial charge is 0.126 e. The van der Waals surface area contributed by atoms with Gasteiger partial charge in [0.15, 0.2) is 0 Å². The molecule has 0 atom stereocenters. The third-order valence-corrected chi connectivity index (χ3v) is 2.93. The molecule has 92 valence electrons. The van der Waals surface area contributed by atoms with Gasteiger partial charge in [-0.2, -0.15) is 5.10 Å². The van der Waals surface area contributed by atoms with Gasteiger partial charge in [-0.05, 0) is 35.9 Å². The topological polar surface area (TPSA) is 24.4 Å². The SMILES string of the molecule is Fc1ccccc1C/C=N/Nc1ccc(Br)cc1. The van der Waals surface area contributed by atoms with Crippen LogP contribution in [0.25, 0.3) is 0 Å². The molecule has 0 amide bonds. The van der Waals surface area contributed by atoms with Crippen LogP contribution in [0.1, 0.15) is 5.56 Å². The first-order valence-corrected chi connectivity index (χ1v) is 6.31. The summed E-state index contributed by atoms with van der Waals surface area (Å²) in [6.45, 7) is 0. The highest BCUT2D eigenvalue weighted by Gasteiger charge is 1.97. The van der Waals surface area contributed by atoms with Gasteiger partial charge in [0.1, 0.15) is 5.82 Å². The molecule has 0 spiro atoms. The maximum Gasteiger partial charge on any atom is 0.126 e. The molecule has 2 aromatic rings. The number of anilines is 1. The highest BCUT2D eigenvalue weighted by Crippen LogP contribution is 2.13. The van der Waals surface area contributed by atoms with Crippen LogP contribution in [0, 0.1) is 5.82 Å². The van der Waals surface area contributed by atoms with Crippen molar-refractivity contribution in [1.29, 1.82) is 0 Å². The van der Waals surface area contributed by atoms with Crippen molar-refractivity contribution in [2.45, 2.75) is 6.42 Å². The molecule has 0 heterocycles. The van der Waals surface area contributed by atoms with Crippen molar-refractivity contribution in [3.63, 3.8) is 0 Å². The molecule has 2 rings (SSSR count). The van der Waals surface area contributed by atoms with Crippen LogP contribution in [0.3, 0.4) is 0 Å². The molecule has 0 aliphatic heterocycles. The van der Waals surface area contributed by atoms with Crippen molar-refractivity contribution in [3.8, 4) is 0 Å². The fraction of sp³-hybridized carbons (Fsp3) is 0.0714. The van der Waals surface area contributed by atoms with Crippen LogP contribution in [-0.4, -0.2) is 6.21 Å². The fourth-order valence-corrected chi connectivity index (χ4v) is 1.72. The van der Waals surface area contributed by atoms with Crippen molar-refractivity contribution in [2.24, 2.45) is 5.10 Å². The maximum atomic E-state index is 13.3. The monoisotopic (exact) mass is 306 g/mol. The minimum atomic E-state index is -0.201. The van der Waals surface area contributed by atoms with E-state index in [1.165, 1.54) is 6.07 Å². The quantitative estimate of drug-likeness (QED) is 0.663. The highest BCUT2D eigenvalue weighted by atomic mass is 79.9. The van der Waals surface area contributed by atoms with Crippen molar-refractivity contribution in [2.75, 3.05) is 5.43 Å². The average Bonchev–Trinajstić information content (AvgIpc) is 2.39. The van der Waals surface area contributed by atoms with Crippen LogP contribution >= 0.6 is 15.9 Å². The molecule has 0 aromatic heterocycles. The standard InChI is InChI=1S/C14H12BrFN2/c15-12-5-7-13(8-6-12)18-17-10-9-11-3-1-2-4-14(11)16/h1-8,10,18H,9H2/b17-10+. The summed E-state index contributed by atoms with van der Waals surface area (Å²) in [4.78, 5) is 0. The second kappa shape index (κ2) is 6.31. The number of hydrogen-bond acceptors (Lipinski definition) is 2. The molecular weight excluding hydrogens is 295 g/mol. The van der Waals surface area contributed by atoms with Gasteiger partial charge < -0.3 is 0 Å². The maximum absolute atomic E-state index is 13.3. The lowest BCUT2D eigenvalue weighted by Crippen LogP contribution is -1.94. The Bertz CT molecular complexity index is 538. The van der Waals surface area contributed by atoms with Gasteiger partial charge in [-0.25, -0.2) is 4.39 Å². The number of benzene rings is 2. The molecule has 1 N–H and O–H groups in total. The summed E-state index contributed by atoms with van der Waals surface area (Å²) < 4.78 is 14.3. The number of nitrogens with one attached hydrogen (secondary N) is 1. The van der Waals surface area contributed by atoms with Gasteiger partial charge in [-0.1, -0.05) is 34.1 Å². The largest absolute Gasteiger partial charge is 0.279 e. The van der Waals surface area contributed by atoms with Crippen molar-refractivity contribution < 1.29 is 4.39 Å². The van der Waals surface area contributed by atoms with Crippen LogP contribution in [-0.2, 0) is 6.42 Å². The molecule has 0 radical (unpaired) electrons. The van der Waals surface area contributed by atoms with E-state index in [0.717, 1.165) is 10.2 Å². The Kier molecular flexibility index (Phi) is 4.47. The zero-order chi connectivity index (χ0) is 12.8. The highest BCUT2D eigenvalue weighted by molar-refractivity contribution is 9.10. The zero-order valence-corrected chi connectivity index (χ0v) is 11.2. The van der Waals surface area contributed by atoms with E-state index in [9.17, 15) is 4.39 Å². The minimum absolute atomic E-state index is 0.201. The van der Waals surface area contributed by atoms with Crippen LogP contribution in [0.4, 0.5) is 10.1 Å². The van der Waals surface area contributed by atoms with Gasteiger partial charge in [-0.15, -0.1) is 0 Å². The van der Waals surface area contributed by atoms with E-state index in [4.69, 9.17) is 0 Å². The van der Waals surface area contributed by atoms with Crippen LogP contribution in [0.2, 0.25) is 0 Å². The van der Waals surface area contributed by atoms with E-state index in [1.807, 2.05) is 30.3 Å². The summed E-state index contributed by atoms with van der Waals surface area (Å²) >= 11 is 3.36. The second-order valence-corrected chi connectivity index (χ2v) is 4.64. The average molecular weight is 307 g/mol. The summed E-state index contributed by atoms with van der Waals surface area (Å²) in [5.41, 5.74) is 4.42. The molecule has 4 heteroatoms. The van der Waals surface area contributed by atoms with E-state index in [-0.39, 0.29) is 5.82 Å². The number of rotatable bonds is 4. The van der Waals surface area contributed by atoms with E-state index in [1.54, 1.807) is 18.3 Å². The van der Waals surface area contributed by atoms with E-state index in [0.29, 0.717) is 12.0 Å². The molecule has 0 aliphatic carbocycles. The normalized spacial score (nSPS) is 10.8.